The Kier molecular flexibility index (Phi) is 5.97. The Bertz CT molecular complexity index is 260. The second-order valence-corrected chi connectivity index (χ2v) is 4.32. The maximum atomic E-state index is 11.6. The molecule has 98 valence electrons. The first-order valence-corrected chi connectivity index (χ1v) is 6.45. The summed E-state index contributed by atoms with van der Waals surface area (Å²) in [5.41, 5.74) is 0. The molecule has 0 atom stereocenters. The van der Waals surface area contributed by atoms with E-state index in [2.05, 4.69) is 10.6 Å². The standard InChI is InChI=1S/C12H23N3O2/c1-3-15(4-2)12(17)9-14-11(16)7-8-13-10-5-6-10/h10,13H,3-9H2,1-2H3,(H,14,16). The minimum Gasteiger partial charge on any atom is -0.347 e. The number of hydrogen-bond acceptors (Lipinski definition) is 3. The average Bonchev–Trinajstić information content (AvgIpc) is 3.12. The van der Waals surface area contributed by atoms with Crippen LogP contribution in [0.2, 0.25) is 0 Å². The van der Waals surface area contributed by atoms with Gasteiger partial charge in [-0.2, -0.15) is 0 Å². The average molecular weight is 241 g/mol. The maximum absolute atomic E-state index is 11.6. The lowest BCUT2D eigenvalue weighted by atomic mass is 10.3. The first-order chi connectivity index (χ1) is 8.17. The van der Waals surface area contributed by atoms with E-state index in [0.717, 1.165) is 0 Å². The summed E-state index contributed by atoms with van der Waals surface area (Å²) in [6, 6.07) is 0.625. The normalized spacial score (nSPS) is 14.5. The first kappa shape index (κ1) is 14.0. The first-order valence-electron chi connectivity index (χ1n) is 6.45. The van der Waals surface area contributed by atoms with Gasteiger partial charge in [-0.1, -0.05) is 0 Å². The summed E-state index contributed by atoms with van der Waals surface area (Å²) in [7, 11) is 0. The zero-order chi connectivity index (χ0) is 12.7. The van der Waals surface area contributed by atoms with E-state index in [1.807, 2.05) is 13.8 Å². The van der Waals surface area contributed by atoms with E-state index >= 15 is 0 Å². The summed E-state index contributed by atoms with van der Waals surface area (Å²) in [6.07, 6.45) is 2.89. The van der Waals surface area contributed by atoms with Crippen LogP contribution in [0.5, 0.6) is 0 Å². The lowest BCUT2D eigenvalue weighted by molar-refractivity contribution is -0.132. The van der Waals surface area contributed by atoms with Gasteiger partial charge in [-0.25, -0.2) is 0 Å². The van der Waals surface area contributed by atoms with E-state index in [1.165, 1.54) is 12.8 Å². The molecule has 5 nitrogen and oxygen atoms in total. The van der Waals surface area contributed by atoms with Crippen molar-refractivity contribution < 1.29 is 9.59 Å². The highest BCUT2D eigenvalue weighted by Crippen LogP contribution is 2.18. The molecule has 2 N–H and O–H groups in total. The van der Waals surface area contributed by atoms with Gasteiger partial charge in [-0.3, -0.25) is 9.59 Å². The molecule has 0 heterocycles. The van der Waals surface area contributed by atoms with Crippen LogP contribution in [0.25, 0.3) is 0 Å². The van der Waals surface area contributed by atoms with E-state index < -0.39 is 0 Å². The van der Waals surface area contributed by atoms with Crippen LogP contribution in [-0.2, 0) is 9.59 Å². The van der Waals surface area contributed by atoms with Crippen LogP contribution in [0, 0.1) is 0 Å². The van der Waals surface area contributed by atoms with Gasteiger partial charge in [-0.15, -0.1) is 0 Å². The quantitative estimate of drug-likeness (QED) is 0.634. The number of carbonyl (C=O) groups is 2. The van der Waals surface area contributed by atoms with Crippen LogP contribution in [0.3, 0.4) is 0 Å². The van der Waals surface area contributed by atoms with Gasteiger partial charge in [-0.05, 0) is 26.7 Å². The van der Waals surface area contributed by atoms with E-state index in [0.29, 0.717) is 32.1 Å². The van der Waals surface area contributed by atoms with Crippen molar-refractivity contribution in [2.24, 2.45) is 0 Å². The smallest absolute Gasteiger partial charge is 0.241 e. The lowest BCUT2D eigenvalue weighted by Gasteiger charge is -2.18. The Labute approximate surface area is 103 Å². The van der Waals surface area contributed by atoms with Gasteiger partial charge in [0.05, 0.1) is 6.54 Å². The summed E-state index contributed by atoms with van der Waals surface area (Å²) < 4.78 is 0. The van der Waals surface area contributed by atoms with Crippen molar-refractivity contribution in [1.29, 1.82) is 0 Å². The second kappa shape index (κ2) is 7.27. The molecule has 1 rings (SSSR count). The highest BCUT2D eigenvalue weighted by Gasteiger charge is 2.20. The van der Waals surface area contributed by atoms with Gasteiger partial charge >= 0.3 is 0 Å². The van der Waals surface area contributed by atoms with Crippen LogP contribution in [-0.4, -0.2) is 48.9 Å². The zero-order valence-electron chi connectivity index (χ0n) is 10.8. The Morgan fingerprint density at radius 3 is 2.41 bits per heavy atom. The topological polar surface area (TPSA) is 61.4 Å². The summed E-state index contributed by atoms with van der Waals surface area (Å²) in [5.74, 6) is -0.0721. The monoisotopic (exact) mass is 241 g/mol. The van der Waals surface area contributed by atoms with Crippen LogP contribution in [0.1, 0.15) is 33.1 Å². The molecule has 0 aromatic carbocycles. The molecule has 0 saturated heterocycles. The van der Waals surface area contributed by atoms with Crippen LogP contribution in [0.4, 0.5) is 0 Å². The van der Waals surface area contributed by atoms with E-state index in [-0.39, 0.29) is 18.4 Å². The van der Waals surface area contributed by atoms with Crippen LogP contribution < -0.4 is 10.6 Å². The maximum Gasteiger partial charge on any atom is 0.241 e. The van der Waals surface area contributed by atoms with Gasteiger partial charge in [0.25, 0.3) is 0 Å². The summed E-state index contributed by atoms with van der Waals surface area (Å²) >= 11 is 0. The zero-order valence-corrected chi connectivity index (χ0v) is 10.8. The Hall–Kier alpha value is -1.10. The van der Waals surface area contributed by atoms with E-state index in [4.69, 9.17) is 0 Å². The molecule has 0 unspecified atom stereocenters. The molecular weight excluding hydrogens is 218 g/mol. The minimum atomic E-state index is -0.0568. The Balaban J connectivity index is 2.06. The van der Waals surface area contributed by atoms with Gasteiger partial charge in [0.2, 0.25) is 11.8 Å². The summed E-state index contributed by atoms with van der Waals surface area (Å²) in [5, 5.41) is 5.92. The number of nitrogens with one attached hydrogen (secondary N) is 2. The molecule has 0 aliphatic heterocycles. The van der Waals surface area contributed by atoms with Crippen molar-refractivity contribution in [3.05, 3.63) is 0 Å². The largest absolute Gasteiger partial charge is 0.347 e. The van der Waals surface area contributed by atoms with Crippen molar-refractivity contribution in [1.82, 2.24) is 15.5 Å². The SMILES string of the molecule is CCN(CC)C(=O)CNC(=O)CCNC1CC1. The molecule has 5 heteroatoms. The van der Waals surface area contributed by atoms with Crippen LogP contribution in [0.15, 0.2) is 0 Å². The molecule has 0 radical (unpaired) electrons. The van der Waals surface area contributed by atoms with Gasteiger partial charge in [0.1, 0.15) is 0 Å². The van der Waals surface area contributed by atoms with Crippen molar-refractivity contribution >= 4 is 11.8 Å². The Morgan fingerprint density at radius 1 is 1.24 bits per heavy atom. The third-order valence-corrected chi connectivity index (χ3v) is 2.92. The number of nitrogens with zero attached hydrogens (tertiary/aromatic N) is 1. The van der Waals surface area contributed by atoms with Gasteiger partial charge in [0.15, 0.2) is 0 Å². The fraction of sp³-hybridized carbons (Fsp3) is 0.833. The molecule has 0 aromatic rings. The molecule has 0 aromatic heterocycles. The number of amides is 2. The molecule has 1 aliphatic rings. The van der Waals surface area contributed by atoms with E-state index in [9.17, 15) is 9.59 Å². The van der Waals surface area contributed by atoms with Crippen molar-refractivity contribution in [3.63, 3.8) is 0 Å². The van der Waals surface area contributed by atoms with Gasteiger partial charge in [0, 0.05) is 32.1 Å². The molecule has 1 saturated carbocycles. The molecule has 1 fully saturated rings. The van der Waals surface area contributed by atoms with Crippen molar-refractivity contribution in [3.8, 4) is 0 Å². The van der Waals surface area contributed by atoms with E-state index in [1.54, 1.807) is 4.90 Å². The highest BCUT2D eigenvalue weighted by molar-refractivity contribution is 5.84. The predicted molar refractivity (Wildman–Crippen MR) is 66.6 cm³/mol. The molecular formula is C12H23N3O2. The number of rotatable bonds is 8. The molecule has 1 aliphatic carbocycles. The van der Waals surface area contributed by atoms with Gasteiger partial charge < -0.3 is 15.5 Å². The van der Waals surface area contributed by atoms with Crippen molar-refractivity contribution in [2.45, 2.75) is 39.2 Å². The second-order valence-electron chi connectivity index (χ2n) is 4.32. The predicted octanol–water partition coefficient (Wildman–Crippen LogP) is 0.113. The minimum absolute atomic E-state index is 0.0153. The van der Waals surface area contributed by atoms with Crippen molar-refractivity contribution in [2.75, 3.05) is 26.2 Å². The number of likely N-dealkylation sites (N-methyl/N-ethyl adjacent to an activating group) is 1. The molecule has 2 amide bonds. The van der Waals surface area contributed by atoms with Crippen LogP contribution >= 0.6 is 0 Å². The highest BCUT2D eigenvalue weighted by atomic mass is 16.2. The third kappa shape index (κ3) is 5.68. The summed E-state index contributed by atoms with van der Waals surface area (Å²) in [4.78, 5) is 24.7. The number of hydrogen-bond donors (Lipinski definition) is 2. The fourth-order valence-electron chi connectivity index (χ4n) is 1.63. The Morgan fingerprint density at radius 2 is 1.88 bits per heavy atom. The summed E-state index contributed by atoms with van der Waals surface area (Å²) in [6.45, 7) is 6.06. The molecule has 0 bridgehead atoms. The molecule has 0 spiro atoms. The fourth-order valence-corrected chi connectivity index (χ4v) is 1.63. The number of carbonyl (C=O) groups excluding carboxylic acids is 2. The lowest BCUT2D eigenvalue weighted by Crippen LogP contribution is -2.40. The molecule has 17 heavy (non-hydrogen) atoms. The third-order valence-electron chi connectivity index (χ3n) is 2.92.